The summed E-state index contributed by atoms with van der Waals surface area (Å²) in [5.41, 5.74) is 35.2. The third-order valence-electron chi connectivity index (χ3n) is 25.8. The van der Waals surface area contributed by atoms with Crippen molar-refractivity contribution in [3.05, 3.63) is 539 Å². The van der Waals surface area contributed by atoms with E-state index in [4.69, 9.17) is 0 Å². The fraction of sp³-hybridized carbons (Fsp3) is 0.270. The molecule has 18 aromatic carbocycles. The van der Waals surface area contributed by atoms with E-state index in [2.05, 4.69) is 344 Å². The largest absolute Gasteiger partial charge is 0.416 e. The van der Waals surface area contributed by atoms with Gasteiger partial charge >= 0.3 is 6.18 Å². The Hall–Kier alpha value is -13.8. The summed E-state index contributed by atoms with van der Waals surface area (Å²) in [4.78, 5) is 0. The van der Waals surface area contributed by atoms with Crippen LogP contribution < -0.4 is 0 Å². The molecule has 0 heterocycles. The molecule has 0 radical (unpaired) electrons. The topological polar surface area (TPSA) is 0 Å². The molecule has 0 saturated carbocycles. The summed E-state index contributed by atoms with van der Waals surface area (Å²) < 4.78 is 137. The van der Waals surface area contributed by atoms with Gasteiger partial charge in [-0.3, -0.25) is 0 Å². The Morgan fingerprint density at radius 3 is 0.818 bits per heavy atom. The van der Waals surface area contributed by atoms with Crippen LogP contribution in [0.3, 0.4) is 0 Å². The summed E-state index contributed by atoms with van der Waals surface area (Å²) in [5.74, 6) is -3.60. The van der Waals surface area contributed by atoms with Crippen molar-refractivity contribution in [2.45, 2.75) is 253 Å². The van der Waals surface area contributed by atoms with Crippen molar-refractivity contribution in [2.75, 3.05) is 0 Å². The molecule has 0 fully saturated rings. The molecule has 0 aliphatic heterocycles. The number of alkyl halides is 3. The van der Waals surface area contributed by atoms with Gasteiger partial charge in [-0.15, -0.1) is 0 Å². The third-order valence-corrected chi connectivity index (χ3v) is 25.8. The van der Waals surface area contributed by atoms with Crippen LogP contribution in [0, 0.1) is 254 Å². The molecule has 0 spiro atoms. The molecule has 0 atom stereocenters. The van der Waals surface area contributed by atoms with Crippen LogP contribution in [0.1, 0.15) is 209 Å². The number of hydrogen-bond donors (Lipinski definition) is 0. The van der Waals surface area contributed by atoms with Crippen LogP contribution in [-0.4, -0.2) is 0 Å². The zero-order valence-electron chi connectivity index (χ0n) is 93.1. The van der Waals surface area contributed by atoms with Crippen LogP contribution in [0.15, 0.2) is 303 Å². The van der Waals surface area contributed by atoms with E-state index < -0.39 is 46.6 Å². The molecular weight excluding hydrogens is 1850 g/mol. The van der Waals surface area contributed by atoms with Gasteiger partial charge in [-0.1, -0.05) is 318 Å². The highest BCUT2D eigenvalue weighted by Crippen LogP contribution is 2.34. The average Bonchev–Trinajstić information content (AvgIpc) is 0.808. The highest BCUT2D eigenvalue weighted by atomic mass is 19.4. The molecule has 11 heteroatoms. The van der Waals surface area contributed by atoms with Gasteiger partial charge in [-0.2, -0.15) is 13.2 Å². The van der Waals surface area contributed by atoms with Crippen molar-refractivity contribution < 1.29 is 48.3 Å². The molecule has 0 N–H and O–H groups in total. The Morgan fingerprint density at radius 2 is 0.473 bits per heavy atom. The second-order valence-electron chi connectivity index (χ2n) is 39.4. The first-order valence-corrected chi connectivity index (χ1v) is 50.6. The highest BCUT2D eigenvalue weighted by molar-refractivity contribution is 5.91. The van der Waals surface area contributed by atoms with E-state index in [-0.39, 0.29) is 28.3 Å². The minimum atomic E-state index is -4.23. The number of hydrogen-bond acceptors (Lipinski definition) is 0. The maximum absolute atomic E-state index is 12.6. The number of benzene rings is 18. The molecule has 1 aliphatic carbocycles. The van der Waals surface area contributed by atoms with E-state index in [0.29, 0.717) is 38.9 Å². The van der Waals surface area contributed by atoms with Crippen LogP contribution >= 0.6 is 0 Å². The quantitative estimate of drug-likeness (QED) is 0.144. The van der Waals surface area contributed by atoms with Gasteiger partial charge in [0, 0.05) is 11.1 Å². The Balaban J connectivity index is 0.000000244. The van der Waals surface area contributed by atoms with Gasteiger partial charge < -0.3 is 0 Å². The summed E-state index contributed by atoms with van der Waals surface area (Å²) in [6.07, 6.45) is 2.31. The Bertz CT molecular complexity index is 6950. The van der Waals surface area contributed by atoms with Gasteiger partial charge in [-0.25, -0.2) is 35.1 Å². The first kappa shape index (κ1) is 123. The SMILES string of the molecule is CCc1cc(C)ccc1C.Cc1cc(F)c(C)c(F)c1.Cc1cc(F)c(C)c(F)c1.Cc1ccc(C)c(C(F)(F)F)c1.Cc1ccc(C)c(C)c1.Cc1ccc(C)c(F)c1.Cc1ccc(C)c(F)c1.Cc1ccc(C)c(F)c1F.Cc1ccc(C)c2c(C)cccc12.Cc1ccc(C)c2c1CCCC2.Cc1ccc(C)c2ccccc12.Cc1ccc(C)cc1.Cc1ccc2cc(C)ccc2c1.Cc1ccc2ccc(C)cc2c1. The maximum Gasteiger partial charge on any atom is 0.416 e. The van der Waals surface area contributed by atoms with Gasteiger partial charge in [-0.05, 0) is 448 Å². The molecular formula is C137H153F11. The minimum Gasteiger partial charge on any atom is -0.207 e. The zero-order chi connectivity index (χ0) is 110. The monoisotopic (exact) mass is 2010 g/mol. The summed E-state index contributed by atoms with van der Waals surface area (Å²) in [7, 11) is 0. The lowest BCUT2D eigenvalue weighted by Gasteiger charge is -2.19. The predicted molar refractivity (Wildman–Crippen MR) is 613 cm³/mol. The van der Waals surface area contributed by atoms with Crippen molar-refractivity contribution in [2.24, 2.45) is 0 Å². The lowest BCUT2D eigenvalue weighted by atomic mass is 9.86. The molecule has 0 unspecified atom stereocenters. The van der Waals surface area contributed by atoms with Crippen LogP contribution in [0.4, 0.5) is 48.3 Å². The average molecular weight is 2010 g/mol. The van der Waals surface area contributed by atoms with E-state index in [9.17, 15) is 48.3 Å². The second-order valence-corrected chi connectivity index (χ2v) is 39.4. The Labute approximate surface area is 877 Å². The van der Waals surface area contributed by atoms with Crippen molar-refractivity contribution in [1.29, 1.82) is 0 Å². The molecule has 1 aliphatic rings. The van der Waals surface area contributed by atoms with Crippen LogP contribution in [0.25, 0.3) is 43.1 Å². The van der Waals surface area contributed by atoms with E-state index in [1.54, 1.807) is 76.1 Å². The molecule has 19 rings (SSSR count). The summed E-state index contributed by atoms with van der Waals surface area (Å²) >= 11 is 0. The van der Waals surface area contributed by atoms with Crippen LogP contribution in [0.2, 0.25) is 0 Å². The molecule has 0 saturated heterocycles. The van der Waals surface area contributed by atoms with E-state index in [0.717, 1.165) is 23.6 Å². The van der Waals surface area contributed by atoms with Gasteiger partial charge in [0.15, 0.2) is 11.6 Å². The predicted octanol–water partition coefficient (Wildman–Crippen LogP) is 41.1. The number of rotatable bonds is 1. The van der Waals surface area contributed by atoms with E-state index >= 15 is 0 Å². The van der Waals surface area contributed by atoms with E-state index in [1.165, 1.54) is 252 Å². The zero-order valence-corrected chi connectivity index (χ0v) is 93.1. The van der Waals surface area contributed by atoms with E-state index in [1.807, 2.05) is 26.0 Å². The highest BCUT2D eigenvalue weighted by Gasteiger charge is 2.32. The third kappa shape index (κ3) is 40.5. The normalized spacial score (nSPS) is 10.7. The van der Waals surface area contributed by atoms with Gasteiger partial charge in [0.25, 0.3) is 0 Å². The summed E-state index contributed by atoms with van der Waals surface area (Å²) in [6.45, 7) is 60.5. The number of halogens is 11. The van der Waals surface area contributed by atoms with Gasteiger partial charge in [0.05, 0.1) is 5.56 Å². The van der Waals surface area contributed by atoms with Crippen molar-refractivity contribution in [1.82, 2.24) is 0 Å². The molecule has 0 aromatic heterocycles. The number of aryl methyl sites for hydroxylation is 29. The van der Waals surface area contributed by atoms with Crippen LogP contribution in [-0.2, 0) is 25.4 Å². The molecule has 0 bridgehead atoms. The first-order chi connectivity index (χ1) is 69.7. The Kier molecular flexibility index (Phi) is 49.7. The van der Waals surface area contributed by atoms with Crippen molar-refractivity contribution in [3.8, 4) is 0 Å². The summed E-state index contributed by atoms with van der Waals surface area (Å²) in [5, 5.41) is 10.9. The maximum atomic E-state index is 12.6. The standard InChI is InChI=1S/C13H14.2C12H12.C12H16.C12H12.C10H14.C9H9F3.C9H12.3C8H8F2.2C8H9F.C8H10/c1-9-7-8-11(3)13-10(2)5-4-6-12(9)13;1-9-3-5-12-8-10(2)4-6-11(12)7-9;1-9-3-5-11-6-4-10(2)8-12(11)7-9;2*1-9-7-8-10(2)12-6-4-3-5-11(9)12;1-4-10-7-8(2)5-6-9(10)3;1-6-3-4-7(2)8(5-6)9(10,11)12;1-7-4-5-8(2)9(3)6-7;2*1-5-3-7(9)6(2)8(10)4-5;1-5-3-4-6(2)8(10)7(5)9;2*1-6-3-4-7(2)8(9)5-6;1-7-3-5-8(2)6-4-7/h4-8H,1-3H3;2*3-8H,1-2H3;7-8H,3-6H2,1-2H3;3-8H,1-2H3;5-7H,4H2,1-3H3;3-5H,1-2H3;4-6H,1-3H3;3*3-4H,1-2H3;2*3-5H,1-2H3;3-6H,1-2H3. The second kappa shape index (κ2) is 59.9. The number of fused-ring (bicyclic) bond motifs is 5. The summed E-state index contributed by atoms with van der Waals surface area (Å²) in [6, 6.07) is 99.3. The fourth-order valence-electron chi connectivity index (χ4n) is 16.2. The molecule has 18 aromatic rings. The first-order valence-electron chi connectivity index (χ1n) is 50.6. The van der Waals surface area contributed by atoms with Crippen molar-refractivity contribution >= 4 is 43.1 Å². The van der Waals surface area contributed by atoms with Gasteiger partial charge in [0.1, 0.15) is 34.9 Å². The molecule has 148 heavy (non-hydrogen) atoms. The lowest BCUT2D eigenvalue weighted by Crippen LogP contribution is -2.07. The Morgan fingerprint density at radius 1 is 0.196 bits per heavy atom. The van der Waals surface area contributed by atoms with Crippen LogP contribution in [0.5, 0.6) is 0 Å². The fourth-order valence-corrected chi connectivity index (χ4v) is 16.2. The van der Waals surface area contributed by atoms with Crippen molar-refractivity contribution in [3.63, 3.8) is 0 Å². The smallest absolute Gasteiger partial charge is 0.207 e. The lowest BCUT2D eigenvalue weighted by molar-refractivity contribution is -0.138. The van der Waals surface area contributed by atoms with Gasteiger partial charge in [0.2, 0.25) is 0 Å². The molecule has 0 amide bonds. The molecule has 778 valence electrons. The molecule has 0 nitrogen and oxygen atoms in total. The minimum absolute atomic E-state index is 0.0885.